The van der Waals surface area contributed by atoms with Gasteiger partial charge in [-0.25, -0.2) is 0 Å². The number of benzene rings is 2. The van der Waals surface area contributed by atoms with Gasteiger partial charge in [-0.05, 0) is 49.1 Å². The van der Waals surface area contributed by atoms with Gasteiger partial charge in [0.05, 0.1) is 5.92 Å². The molecule has 0 spiro atoms. The monoisotopic (exact) mass is 338 g/mol. The SMILES string of the molecule is Cc1ccc(C(/C(C#CC2CC2)=C/c2ccccc2)c2ccccc2)o1. The number of hydrogen-bond donors (Lipinski definition) is 0. The Balaban J connectivity index is 1.83. The van der Waals surface area contributed by atoms with E-state index >= 15 is 0 Å². The summed E-state index contributed by atoms with van der Waals surface area (Å²) in [5.74, 6) is 9.37. The van der Waals surface area contributed by atoms with E-state index in [0.717, 1.165) is 22.7 Å². The second-order valence-electron chi connectivity index (χ2n) is 6.85. The molecule has 1 aromatic heterocycles. The van der Waals surface area contributed by atoms with Crippen LogP contribution in [0.15, 0.2) is 82.8 Å². The van der Waals surface area contributed by atoms with Gasteiger partial charge in [-0.3, -0.25) is 0 Å². The maximum atomic E-state index is 6.03. The van der Waals surface area contributed by atoms with Crippen molar-refractivity contribution in [3.8, 4) is 11.8 Å². The summed E-state index contributed by atoms with van der Waals surface area (Å²) in [6, 6.07) is 25.0. The molecule has 1 atom stereocenters. The average molecular weight is 338 g/mol. The van der Waals surface area contributed by atoms with Crippen molar-refractivity contribution < 1.29 is 4.42 Å². The molecule has 1 heteroatoms. The molecule has 0 radical (unpaired) electrons. The second kappa shape index (κ2) is 7.50. The van der Waals surface area contributed by atoms with E-state index in [4.69, 9.17) is 4.42 Å². The van der Waals surface area contributed by atoms with Gasteiger partial charge in [0, 0.05) is 11.5 Å². The van der Waals surface area contributed by atoms with Crippen LogP contribution in [-0.2, 0) is 0 Å². The lowest BCUT2D eigenvalue weighted by atomic mass is 9.87. The Hall–Kier alpha value is -2.98. The first-order valence-electron chi connectivity index (χ1n) is 9.19. The van der Waals surface area contributed by atoms with Gasteiger partial charge in [0.15, 0.2) is 0 Å². The van der Waals surface area contributed by atoms with Crippen molar-refractivity contribution in [3.63, 3.8) is 0 Å². The van der Waals surface area contributed by atoms with Crippen molar-refractivity contribution in [2.75, 3.05) is 0 Å². The molecule has 0 amide bonds. The molecule has 0 saturated heterocycles. The molecule has 4 rings (SSSR count). The molecule has 2 aromatic carbocycles. The molecule has 1 saturated carbocycles. The zero-order valence-corrected chi connectivity index (χ0v) is 15.0. The highest BCUT2D eigenvalue weighted by Crippen LogP contribution is 2.35. The Kier molecular flexibility index (Phi) is 4.75. The zero-order valence-electron chi connectivity index (χ0n) is 15.0. The Morgan fingerprint density at radius 3 is 2.27 bits per heavy atom. The highest BCUT2D eigenvalue weighted by atomic mass is 16.3. The van der Waals surface area contributed by atoms with Crippen LogP contribution in [-0.4, -0.2) is 0 Å². The number of rotatable bonds is 4. The number of furan rings is 1. The van der Waals surface area contributed by atoms with Crippen LogP contribution >= 0.6 is 0 Å². The summed E-state index contributed by atoms with van der Waals surface area (Å²) in [7, 11) is 0. The minimum Gasteiger partial charge on any atom is -0.465 e. The minimum absolute atomic E-state index is 0.0105. The van der Waals surface area contributed by atoms with Crippen LogP contribution in [0.2, 0.25) is 0 Å². The van der Waals surface area contributed by atoms with Crippen LogP contribution in [0.25, 0.3) is 6.08 Å². The Morgan fingerprint density at radius 2 is 1.65 bits per heavy atom. The van der Waals surface area contributed by atoms with Gasteiger partial charge < -0.3 is 4.42 Å². The van der Waals surface area contributed by atoms with Crippen LogP contribution in [0.4, 0.5) is 0 Å². The number of allylic oxidation sites excluding steroid dienone is 1. The van der Waals surface area contributed by atoms with Gasteiger partial charge in [0.25, 0.3) is 0 Å². The van der Waals surface area contributed by atoms with E-state index in [2.05, 4.69) is 72.5 Å². The van der Waals surface area contributed by atoms with Crippen molar-refractivity contribution in [1.82, 2.24) is 0 Å². The highest BCUT2D eigenvalue weighted by Gasteiger charge is 2.23. The van der Waals surface area contributed by atoms with E-state index in [1.807, 2.05) is 25.1 Å². The van der Waals surface area contributed by atoms with Crippen molar-refractivity contribution >= 4 is 6.08 Å². The lowest BCUT2D eigenvalue weighted by molar-refractivity contribution is 0.478. The Labute approximate surface area is 155 Å². The molecule has 0 N–H and O–H groups in total. The van der Waals surface area contributed by atoms with E-state index in [-0.39, 0.29) is 5.92 Å². The summed E-state index contributed by atoms with van der Waals surface area (Å²) in [6.45, 7) is 1.99. The molecule has 1 aliphatic rings. The first kappa shape index (κ1) is 16.5. The van der Waals surface area contributed by atoms with E-state index in [0.29, 0.717) is 5.92 Å². The third-order valence-electron chi connectivity index (χ3n) is 4.61. The molecular formula is C25H22O. The van der Waals surface area contributed by atoms with E-state index in [1.165, 1.54) is 18.4 Å². The fraction of sp³-hybridized carbons (Fsp3) is 0.200. The van der Waals surface area contributed by atoms with Crippen LogP contribution in [0, 0.1) is 24.7 Å². The smallest absolute Gasteiger partial charge is 0.116 e. The van der Waals surface area contributed by atoms with E-state index < -0.39 is 0 Å². The van der Waals surface area contributed by atoms with Gasteiger partial charge in [0.1, 0.15) is 11.5 Å². The van der Waals surface area contributed by atoms with Gasteiger partial charge in [0.2, 0.25) is 0 Å². The first-order valence-corrected chi connectivity index (χ1v) is 9.19. The maximum Gasteiger partial charge on any atom is 0.116 e. The van der Waals surface area contributed by atoms with Crippen molar-refractivity contribution in [1.29, 1.82) is 0 Å². The van der Waals surface area contributed by atoms with Crippen molar-refractivity contribution in [2.45, 2.75) is 25.7 Å². The fourth-order valence-corrected chi connectivity index (χ4v) is 3.08. The summed E-state index contributed by atoms with van der Waals surface area (Å²) < 4.78 is 6.03. The topological polar surface area (TPSA) is 13.1 Å². The summed E-state index contributed by atoms with van der Waals surface area (Å²) >= 11 is 0. The molecule has 1 fully saturated rings. The lowest BCUT2D eigenvalue weighted by Gasteiger charge is -2.16. The molecule has 1 unspecified atom stereocenters. The van der Waals surface area contributed by atoms with Gasteiger partial charge in [-0.15, -0.1) is 0 Å². The second-order valence-corrected chi connectivity index (χ2v) is 6.85. The molecule has 1 aliphatic carbocycles. The summed E-state index contributed by atoms with van der Waals surface area (Å²) in [5.41, 5.74) is 3.45. The summed E-state index contributed by atoms with van der Waals surface area (Å²) in [6.07, 6.45) is 4.65. The van der Waals surface area contributed by atoms with Gasteiger partial charge >= 0.3 is 0 Å². The quantitative estimate of drug-likeness (QED) is 0.515. The standard InChI is InChI=1S/C25H22O/c1-19-12-17-24(26-19)25(22-10-6-3-7-11-22)23(16-15-20-13-14-20)18-21-8-4-2-5-9-21/h2-12,17-18,20,25H,13-14H2,1H3/b23-18+. The Bertz CT molecular complexity index is 947. The van der Waals surface area contributed by atoms with Crippen LogP contribution in [0.3, 0.4) is 0 Å². The lowest BCUT2D eigenvalue weighted by Crippen LogP contribution is -2.03. The van der Waals surface area contributed by atoms with Crippen molar-refractivity contribution in [3.05, 3.63) is 101 Å². The van der Waals surface area contributed by atoms with Crippen LogP contribution < -0.4 is 0 Å². The number of hydrogen-bond acceptors (Lipinski definition) is 1. The predicted octanol–water partition coefficient (Wildman–Crippen LogP) is 6.22. The van der Waals surface area contributed by atoms with E-state index in [1.54, 1.807) is 0 Å². The zero-order chi connectivity index (χ0) is 17.8. The van der Waals surface area contributed by atoms with E-state index in [9.17, 15) is 0 Å². The molecule has 0 aliphatic heterocycles. The first-order chi connectivity index (χ1) is 12.8. The molecule has 3 aromatic rings. The molecule has 1 heterocycles. The van der Waals surface area contributed by atoms with Crippen LogP contribution in [0.5, 0.6) is 0 Å². The minimum atomic E-state index is 0.0105. The van der Waals surface area contributed by atoms with Crippen molar-refractivity contribution in [2.24, 2.45) is 5.92 Å². The highest BCUT2D eigenvalue weighted by molar-refractivity contribution is 5.63. The summed E-state index contributed by atoms with van der Waals surface area (Å²) in [4.78, 5) is 0. The Morgan fingerprint density at radius 1 is 0.962 bits per heavy atom. The molecule has 0 bridgehead atoms. The van der Waals surface area contributed by atoms with Gasteiger partial charge in [-0.2, -0.15) is 0 Å². The average Bonchev–Trinajstić information content (AvgIpc) is 3.42. The third kappa shape index (κ3) is 3.98. The van der Waals surface area contributed by atoms with Gasteiger partial charge in [-0.1, -0.05) is 72.5 Å². The summed E-state index contributed by atoms with van der Waals surface area (Å²) in [5, 5.41) is 0. The molecule has 128 valence electrons. The maximum absolute atomic E-state index is 6.03. The molecule has 26 heavy (non-hydrogen) atoms. The third-order valence-corrected chi connectivity index (χ3v) is 4.61. The molecule has 1 nitrogen and oxygen atoms in total. The number of aryl methyl sites for hydroxylation is 1. The van der Waals surface area contributed by atoms with Crippen LogP contribution in [0.1, 0.15) is 41.4 Å². The normalized spacial score (nSPS) is 15.2. The predicted molar refractivity (Wildman–Crippen MR) is 107 cm³/mol. The largest absolute Gasteiger partial charge is 0.465 e. The fourth-order valence-electron chi connectivity index (χ4n) is 3.08. The molecular weight excluding hydrogens is 316 g/mol.